The van der Waals surface area contributed by atoms with Crippen molar-refractivity contribution in [2.75, 3.05) is 19.6 Å². The third-order valence-electron chi connectivity index (χ3n) is 3.21. The molecule has 0 unspecified atom stereocenters. The molecule has 0 aliphatic carbocycles. The van der Waals surface area contributed by atoms with Crippen LogP contribution in [-0.2, 0) is 13.1 Å². The van der Waals surface area contributed by atoms with E-state index in [4.69, 9.17) is 0 Å². The highest BCUT2D eigenvalue weighted by atomic mass is 79.9. The minimum atomic E-state index is 0.940. The van der Waals surface area contributed by atoms with Gasteiger partial charge in [-0.25, -0.2) is 0 Å². The van der Waals surface area contributed by atoms with E-state index in [0.29, 0.717) is 0 Å². The molecule has 0 saturated heterocycles. The van der Waals surface area contributed by atoms with Crippen LogP contribution in [0.3, 0.4) is 0 Å². The molecule has 1 rings (SSSR count). The van der Waals surface area contributed by atoms with Gasteiger partial charge in [-0.15, -0.1) is 0 Å². The zero-order valence-electron chi connectivity index (χ0n) is 13.0. The Morgan fingerprint density at radius 3 is 2.65 bits per heavy atom. The lowest BCUT2D eigenvalue weighted by atomic mass is 10.1. The van der Waals surface area contributed by atoms with E-state index in [-0.39, 0.29) is 0 Å². The number of nitrogens with zero attached hydrogens (tertiary/aromatic N) is 1. The molecule has 0 bridgehead atoms. The van der Waals surface area contributed by atoms with Gasteiger partial charge in [0.15, 0.2) is 0 Å². The Hall–Kier alpha value is -0.640. The highest BCUT2D eigenvalue weighted by Gasteiger charge is 2.07. The minimum Gasteiger partial charge on any atom is -0.313 e. The predicted octanol–water partition coefficient (Wildman–Crippen LogP) is 4.35. The molecule has 0 saturated carbocycles. The van der Waals surface area contributed by atoms with Crippen molar-refractivity contribution >= 4 is 15.9 Å². The topological polar surface area (TPSA) is 15.3 Å². The molecule has 3 heteroatoms. The van der Waals surface area contributed by atoms with Crippen LogP contribution in [0.15, 0.2) is 34.8 Å². The second-order valence-electron chi connectivity index (χ2n) is 5.36. The fraction of sp³-hybridized carbons (Fsp3) is 0.529. The number of benzene rings is 1. The number of likely N-dealkylation sites (N-methyl/N-ethyl adjacent to an activating group) is 1. The van der Waals surface area contributed by atoms with E-state index in [1.807, 2.05) is 0 Å². The van der Waals surface area contributed by atoms with E-state index in [1.54, 1.807) is 0 Å². The van der Waals surface area contributed by atoms with Crippen molar-refractivity contribution in [3.8, 4) is 0 Å². The zero-order chi connectivity index (χ0) is 15.0. The van der Waals surface area contributed by atoms with Crippen LogP contribution in [0.25, 0.3) is 0 Å². The maximum Gasteiger partial charge on any atom is 0.0248 e. The van der Waals surface area contributed by atoms with Crippen LogP contribution in [0.5, 0.6) is 0 Å². The summed E-state index contributed by atoms with van der Waals surface area (Å²) in [7, 11) is 0. The van der Waals surface area contributed by atoms with Crippen molar-refractivity contribution in [2.45, 2.75) is 40.3 Å². The predicted molar refractivity (Wildman–Crippen MR) is 91.9 cm³/mol. The summed E-state index contributed by atoms with van der Waals surface area (Å²) in [5.74, 6) is 0. The lowest BCUT2D eigenvalue weighted by Crippen LogP contribution is -2.24. The summed E-state index contributed by atoms with van der Waals surface area (Å²) in [6, 6.07) is 6.68. The first-order valence-electron chi connectivity index (χ1n) is 7.41. The van der Waals surface area contributed by atoms with Crippen LogP contribution in [0, 0.1) is 0 Å². The SMILES string of the molecule is C=C(C)CN(CC)Cc1ccc(CNCCC)cc1Br. The summed E-state index contributed by atoms with van der Waals surface area (Å²) < 4.78 is 1.20. The van der Waals surface area contributed by atoms with Gasteiger partial charge in [-0.3, -0.25) is 4.90 Å². The molecule has 1 aromatic rings. The average molecular weight is 339 g/mol. The van der Waals surface area contributed by atoms with Crippen LogP contribution in [0.2, 0.25) is 0 Å². The minimum absolute atomic E-state index is 0.940. The fourth-order valence-electron chi connectivity index (χ4n) is 2.14. The van der Waals surface area contributed by atoms with Gasteiger partial charge in [-0.1, -0.05) is 54.1 Å². The van der Waals surface area contributed by atoms with Gasteiger partial charge in [0.1, 0.15) is 0 Å². The molecule has 1 aromatic carbocycles. The average Bonchev–Trinajstić information content (AvgIpc) is 2.40. The van der Waals surface area contributed by atoms with Crippen LogP contribution in [0.1, 0.15) is 38.3 Å². The Kier molecular flexibility index (Phi) is 8.12. The molecule has 0 atom stereocenters. The largest absolute Gasteiger partial charge is 0.313 e. The van der Waals surface area contributed by atoms with Crippen molar-refractivity contribution < 1.29 is 0 Å². The number of rotatable bonds is 9. The molecule has 0 heterocycles. The second kappa shape index (κ2) is 9.32. The molecule has 0 aromatic heterocycles. The normalized spacial score (nSPS) is 11.1. The molecule has 20 heavy (non-hydrogen) atoms. The van der Waals surface area contributed by atoms with E-state index >= 15 is 0 Å². The first-order chi connectivity index (χ1) is 9.56. The summed E-state index contributed by atoms with van der Waals surface area (Å²) in [6.07, 6.45) is 1.17. The molecule has 0 fully saturated rings. The summed E-state index contributed by atoms with van der Waals surface area (Å²) in [6.45, 7) is 15.4. The third-order valence-corrected chi connectivity index (χ3v) is 3.95. The Labute approximate surface area is 132 Å². The van der Waals surface area contributed by atoms with E-state index in [0.717, 1.165) is 32.7 Å². The maximum atomic E-state index is 4.00. The molecule has 1 N–H and O–H groups in total. The van der Waals surface area contributed by atoms with E-state index in [2.05, 4.69) is 71.7 Å². The van der Waals surface area contributed by atoms with Gasteiger partial charge >= 0.3 is 0 Å². The highest BCUT2D eigenvalue weighted by Crippen LogP contribution is 2.20. The lowest BCUT2D eigenvalue weighted by molar-refractivity contribution is 0.304. The number of halogens is 1. The molecule has 0 aliphatic rings. The number of nitrogens with one attached hydrogen (secondary N) is 1. The van der Waals surface area contributed by atoms with E-state index in [1.165, 1.54) is 27.6 Å². The molecule has 0 radical (unpaired) electrons. The molecular formula is C17H27BrN2. The molecular weight excluding hydrogens is 312 g/mol. The van der Waals surface area contributed by atoms with Crippen molar-refractivity contribution in [3.63, 3.8) is 0 Å². The molecule has 0 spiro atoms. The highest BCUT2D eigenvalue weighted by molar-refractivity contribution is 9.10. The summed E-state index contributed by atoms with van der Waals surface area (Å²) in [5.41, 5.74) is 3.88. The Morgan fingerprint density at radius 2 is 2.10 bits per heavy atom. The van der Waals surface area contributed by atoms with E-state index < -0.39 is 0 Å². The van der Waals surface area contributed by atoms with Crippen molar-refractivity contribution in [3.05, 3.63) is 46.0 Å². The van der Waals surface area contributed by atoms with Crippen molar-refractivity contribution in [2.24, 2.45) is 0 Å². The first-order valence-corrected chi connectivity index (χ1v) is 8.20. The van der Waals surface area contributed by atoms with Crippen molar-refractivity contribution in [1.29, 1.82) is 0 Å². The zero-order valence-corrected chi connectivity index (χ0v) is 14.6. The van der Waals surface area contributed by atoms with Gasteiger partial charge in [0.25, 0.3) is 0 Å². The fourth-order valence-corrected chi connectivity index (χ4v) is 2.69. The van der Waals surface area contributed by atoms with Crippen molar-refractivity contribution in [1.82, 2.24) is 10.2 Å². The van der Waals surface area contributed by atoms with Gasteiger partial charge in [0, 0.05) is 24.1 Å². The van der Waals surface area contributed by atoms with Gasteiger partial charge in [-0.2, -0.15) is 0 Å². The molecule has 0 amide bonds. The third kappa shape index (κ3) is 6.21. The van der Waals surface area contributed by atoms with Gasteiger partial charge in [-0.05, 0) is 43.6 Å². The molecule has 0 aliphatic heterocycles. The summed E-state index contributed by atoms with van der Waals surface area (Å²) >= 11 is 3.70. The Morgan fingerprint density at radius 1 is 1.35 bits per heavy atom. The Balaban J connectivity index is 2.64. The van der Waals surface area contributed by atoms with E-state index in [9.17, 15) is 0 Å². The quantitative estimate of drug-likeness (QED) is 0.532. The van der Waals surface area contributed by atoms with Gasteiger partial charge in [0.05, 0.1) is 0 Å². The second-order valence-corrected chi connectivity index (χ2v) is 6.22. The maximum absolute atomic E-state index is 4.00. The monoisotopic (exact) mass is 338 g/mol. The molecule has 112 valence electrons. The van der Waals surface area contributed by atoms with Crippen LogP contribution in [0.4, 0.5) is 0 Å². The lowest BCUT2D eigenvalue weighted by Gasteiger charge is -2.21. The van der Waals surface area contributed by atoms with Crippen LogP contribution < -0.4 is 5.32 Å². The Bertz CT molecular complexity index is 429. The number of hydrogen-bond acceptors (Lipinski definition) is 2. The number of hydrogen-bond donors (Lipinski definition) is 1. The smallest absolute Gasteiger partial charge is 0.0248 e. The summed E-state index contributed by atoms with van der Waals surface area (Å²) in [4.78, 5) is 2.40. The van der Waals surface area contributed by atoms with Gasteiger partial charge < -0.3 is 5.32 Å². The first kappa shape index (κ1) is 17.4. The van der Waals surface area contributed by atoms with Crippen LogP contribution >= 0.6 is 15.9 Å². The van der Waals surface area contributed by atoms with Crippen LogP contribution in [-0.4, -0.2) is 24.5 Å². The standard InChI is InChI=1S/C17H27BrN2/c1-5-9-19-11-15-7-8-16(17(18)10-15)13-20(6-2)12-14(3)4/h7-8,10,19H,3,5-6,9,11-13H2,1-2,4H3. The summed E-state index contributed by atoms with van der Waals surface area (Å²) in [5, 5.41) is 3.43. The van der Waals surface area contributed by atoms with Gasteiger partial charge in [0.2, 0.25) is 0 Å². The molecule has 2 nitrogen and oxygen atoms in total.